The minimum Gasteiger partial charge on any atom is -0.426 e. The summed E-state index contributed by atoms with van der Waals surface area (Å²) < 4.78 is 54.5. The maximum atomic E-state index is 14.0. The fourth-order valence-corrected chi connectivity index (χ4v) is 2.76. The van der Waals surface area contributed by atoms with Gasteiger partial charge in [0.25, 0.3) is 5.91 Å². The Morgan fingerprint density at radius 3 is 2.41 bits per heavy atom. The summed E-state index contributed by atoms with van der Waals surface area (Å²) in [5, 5.41) is 2.41. The molecule has 1 amide bonds. The first-order chi connectivity index (χ1) is 12.6. The molecule has 2 rings (SSSR count). The van der Waals surface area contributed by atoms with Gasteiger partial charge in [-0.05, 0) is 29.8 Å². The molecule has 0 aliphatic rings. The second-order valence-corrected chi connectivity index (χ2v) is 8.07. The predicted molar refractivity (Wildman–Crippen MR) is 95.1 cm³/mol. The molecule has 0 aliphatic carbocycles. The van der Waals surface area contributed by atoms with Crippen molar-refractivity contribution in [3.63, 3.8) is 0 Å². The zero-order valence-corrected chi connectivity index (χ0v) is 15.4. The van der Waals surface area contributed by atoms with Gasteiger partial charge >= 0.3 is 5.97 Å². The van der Waals surface area contributed by atoms with Crippen LogP contribution in [0.4, 0.5) is 8.78 Å². The number of carbonyl (C=O) groups excluding carboxylic acids is 2. The first kappa shape index (κ1) is 20.5. The molecular formula is C18H17F2NO5S. The molecule has 2 aromatic carbocycles. The van der Waals surface area contributed by atoms with Gasteiger partial charge in [0, 0.05) is 31.4 Å². The van der Waals surface area contributed by atoms with Gasteiger partial charge in [0.2, 0.25) is 0 Å². The van der Waals surface area contributed by atoms with Crippen LogP contribution in [0.1, 0.15) is 17.3 Å². The summed E-state index contributed by atoms with van der Waals surface area (Å²) in [5.74, 6) is -3.26. The Bertz CT molecular complexity index is 989. The minimum atomic E-state index is -3.28. The second-order valence-electron chi connectivity index (χ2n) is 5.81. The number of benzene rings is 2. The lowest BCUT2D eigenvalue weighted by atomic mass is 10.0. The van der Waals surface area contributed by atoms with Gasteiger partial charge in [0.05, 0.1) is 11.3 Å². The van der Waals surface area contributed by atoms with Crippen molar-refractivity contribution in [2.24, 2.45) is 0 Å². The topological polar surface area (TPSA) is 89.5 Å². The highest BCUT2D eigenvalue weighted by molar-refractivity contribution is 7.90. The molecule has 1 N–H and O–H groups in total. The molecule has 0 saturated heterocycles. The standard InChI is InChI=1S/C18H17F2NO5S/c1-11(22)26-17-6-3-12(14-5-4-13(19)10-16(14)20)9-15(17)18(23)21-7-8-27(2,24)25/h3-6,9-10H,7-8H2,1-2H3,(H,21,23). The number of hydrogen-bond acceptors (Lipinski definition) is 5. The van der Waals surface area contributed by atoms with E-state index in [0.29, 0.717) is 6.07 Å². The molecule has 2 aromatic rings. The summed E-state index contributed by atoms with van der Waals surface area (Å²) in [7, 11) is -3.28. The molecule has 0 radical (unpaired) electrons. The van der Waals surface area contributed by atoms with Crippen LogP contribution in [0.2, 0.25) is 0 Å². The van der Waals surface area contributed by atoms with Gasteiger partial charge in [-0.1, -0.05) is 6.07 Å². The molecule has 144 valence electrons. The highest BCUT2D eigenvalue weighted by atomic mass is 32.2. The van der Waals surface area contributed by atoms with Gasteiger partial charge < -0.3 is 10.1 Å². The third kappa shape index (κ3) is 5.85. The number of amides is 1. The SMILES string of the molecule is CC(=O)Oc1ccc(-c2ccc(F)cc2F)cc1C(=O)NCCS(C)(=O)=O. The Hall–Kier alpha value is -2.81. The van der Waals surface area contributed by atoms with Gasteiger partial charge in [-0.25, -0.2) is 17.2 Å². The highest BCUT2D eigenvalue weighted by Gasteiger charge is 2.17. The molecule has 6 nitrogen and oxygen atoms in total. The van der Waals surface area contributed by atoms with Crippen LogP contribution in [0.25, 0.3) is 11.1 Å². The summed E-state index contributed by atoms with van der Waals surface area (Å²) in [4.78, 5) is 23.6. The van der Waals surface area contributed by atoms with Crippen LogP contribution in [0.15, 0.2) is 36.4 Å². The average molecular weight is 397 g/mol. The Kier molecular flexibility index (Phi) is 6.27. The van der Waals surface area contributed by atoms with E-state index in [1.807, 2.05) is 0 Å². The van der Waals surface area contributed by atoms with Gasteiger partial charge in [0.1, 0.15) is 27.2 Å². The molecule has 0 aliphatic heterocycles. The number of sulfone groups is 1. The Balaban J connectivity index is 2.39. The lowest BCUT2D eigenvalue weighted by Crippen LogP contribution is -2.29. The summed E-state index contributed by atoms with van der Waals surface area (Å²) >= 11 is 0. The summed E-state index contributed by atoms with van der Waals surface area (Å²) in [6, 6.07) is 7.01. The lowest BCUT2D eigenvalue weighted by Gasteiger charge is -2.12. The quantitative estimate of drug-likeness (QED) is 0.597. The van der Waals surface area contributed by atoms with Crippen molar-refractivity contribution < 1.29 is 31.5 Å². The van der Waals surface area contributed by atoms with Gasteiger partial charge in [-0.2, -0.15) is 0 Å². The number of carbonyl (C=O) groups is 2. The van der Waals surface area contributed by atoms with Crippen molar-refractivity contribution in [2.45, 2.75) is 6.92 Å². The van der Waals surface area contributed by atoms with E-state index in [-0.39, 0.29) is 34.7 Å². The van der Waals surface area contributed by atoms with E-state index < -0.39 is 33.3 Å². The first-order valence-electron chi connectivity index (χ1n) is 7.80. The highest BCUT2D eigenvalue weighted by Crippen LogP contribution is 2.29. The third-order valence-electron chi connectivity index (χ3n) is 3.48. The Morgan fingerprint density at radius 2 is 1.81 bits per heavy atom. The second kappa shape index (κ2) is 8.26. The van der Waals surface area contributed by atoms with Crippen LogP contribution in [-0.2, 0) is 14.6 Å². The van der Waals surface area contributed by atoms with Gasteiger partial charge in [0.15, 0.2) is 0 Å². The number of hydrogen-bond donors (Lipinski definition) is 1. The van der Waals surface area contributed by atoms with Crippen LogP contribution in [0.5, 0.6) is 5.75 Å². The van der Waals surface area contributed by atoms with Crippen molar-refractivity contribution in [3.05, 3.63) is 53.6 Å². The van der Waals surface area contributed by atoms with Crippen molar-refractivity contribution in [1.82, 2.24) is 5.32 Å². The number of rotatable bonds is 6. The molecule has 9 heteroatoms. The maximum Gasteiger partial charge on any atom is 0.308 e. The number of esters is 1. The molecule has 0 aromatic heterocycles. The normalized spacial score (nSPS) is 11.1. The number of ether oxygens (including phenoxy) is 1. The van der Waals surface area contributed by atoms with Crippen LogP contribution >= 0.6 is 0 Å². The number of nitrogens with one attached hydrogen (secondary N) is 1. The van der Waals surface area contributed by atoms with Gasteiger partial charge in [-0.3, -0.25) is 9.59 Å². The van der Waals surface area contributed by atoms with E-state index in [1.54, 1.807) is 0 Å². The summed E-state index contributed by atoms with van der Waals surface area (Å²) in [5.41, 5.74) is 0.229. The monoisotopic (exact) mass is 397 g/mol. The summed E-state index contributed by atoms with van der Waals surface area (Å²) in [6.07, 6.45) is 1.03. The molecule has 0 saturated carbocycles. The fourth-order valence-electron chi connectivity index (χ4n) is 2.29. The zero-order valence-electron chi connectivity index (χ0n) is 14.6. The third-order valence-corrected chi connectivity index (χ3v) is 4.42. The number of halogens is 2. The van der Waals surface area contributed by atoms with E-state index in [2.05, 4.69) is 5.32 Å². The molecule has 0 atom stereocenters. The molecule has 27 heavy (non-hydrogen) atoms. The van der Waals surface area contributed by atoms with Crippen molar-refractivity contribution in [3.8, 4) is 16.9 Å². The molecular weight excluding hydrogens is 380 g/mol. The zero-order chi connectivity index (χ0) is 20.2. The lowest BCUT2D eigenvalue weighted by molar-refractivity contribution is -0.131. The van der Waals surface area contributed by atoms with E-state index in [1.165, 1.54) is 24.3 Å². The summed E-state index contributed by atoms with van der Waals surface area (Å²) in [6.45, 7) is 1.01. The average Bonchev–Trinajstić information content (AvgIpc) is 2.53. The molecule has 0 heterocycles. The molecule has 0 unspecified atom stereocenters. The van der Waals surface area contributed by atoms with Crippen LogP contribution in [0.3, 0.4) is 0 Å². The van der Waals surface area contributed by atoms with E-state index in [0.717, 1.165) is 19.2 Å². The van der Waals surface area contributed by atoms with Crippen molar-refractivity contribution in [2.75, 3.05) is 18.6 Å². The van der Waals surface area contributed by atoms with E-state index in [4.69, 9.17) is 4.74 Å². The van der Waals surface area contributed by atoms with E-state index in [9.17, 15) is 26.8 Å². The van der Waals surface area contributed by atoms with Crippen molar-refractivity contribution >= 4 is 21.7 Å². The minimum absolute atomic E-state index is 0.0518. The van der Waals surface area contributed by atoms with Crippen LogP contribution in [-0.4, -0.2) is 38.8 Å². The predicted octanol–water partition coefficient (Wildman–Crippen LogP) is 2.33. The van der Waals surface area contributed by atoms with Gasteiger partial charge in [-0.15, -0.1) is 0 Å². The Morgan fingerprint density at radius 1 is 1.11 bits per heavy atom. The molecule has 0 spiro atoms. The van der Waals surface area contributed by atoms with Crippen LogP contribution in [0, 0.1) is 11.6 Å². The molecule has 0 fully saturated rings. The van der Waals surface area contributed by atoms with Crippen molar-refractivity contribution in [1.29, 1.82) is 0 Å². The largest absolute Gasteiger partial charge is 0.426 e. The smallest absolute Gasteiger partial charge is 0.308 e. The fraction of sp³-hybridized carbons (Fsp3) is 0.222. The van der Waals surface area contributed by atoms with Crippen LogP contribution < -0.4 is 10.1 Å². The molecule has 0 bridgehead atoms. The maximum absolute atomic E-state index is 14.0. The Labute approximate surface area is 155 Å². The van der Waals surface area contributed by atoms with E-state index >= 15 is 0 Å². The first-order valence-corrected chi connectivity index (χ1v) is 9.86.